The van der Waals surface area contributed by atoms with E-state index in [-0.39, 0.29) is 11.3 Å². The molecule has 0 aliphatic heterocycles. The van der Waals surface area contributed by atoms with E-state index < -0.39 is 17.7 Å². The van der Waals surface area contributed by atoms with Crippen LogP contribution in [0.2, 0.25) is 0 Å². The Hall–Kier alpha value is -3.02. The van der Waals surface area contributed by atoms with Gasteiger partial charge in [0.15, 0.2) is 0 Å². The number of benzene rings is 2. The highest BCUT2D eigenvalue weighted by molar-refractivity contribution is 5.93. The van der Waals surface area contributed by atoms with E-state index >= 15 is 0 Å². The van der Waals surface area contributed by atoms with Gasteiger partial charge in [0.2, 0.25) is 0 Å². The molecule has 0 saturated carbocycles. The van der Waals surface area contributed by atoms with Crippen molar-refractivity contribution in [1.82, 2.24) is 4.57 Å². The highest BCUT2D eigenvalue weighted by Crippen LogP contribution is 2.37. The normalized spacial score (nSPS) is 11.4. The molecule has 0 radical (unpaired) electrons. The first-order valence-electron chi connectivity index (χ1n) is 7.87. The van der Waals surface area contributed by atoms with Crippen molar-refractivity contribution in [3.05, 3.63) is 77.5 Å². The number of para-hydroxylation sites is 1. The largest absolute Gasteiger partial charge is 0.465 e. The van der Waals surface area contributed by atoms with Crippen LogP contribution < -0.4 is 0 Å². The fourth-order valence-electron chi connectivity index (χ4n) is 2.96. The molecule has 0 bridgehead atoms. The second kappa shape index (κ2) is 6.71. The van der Waals surface area contributed by atoms with Crippen molar-refractivity contribution in [3.8, 4) is 16.9 Å². The Labute approximate surface area is 148 Å². The number of aromatic nitrogens is 1. The molecule has 0 fully saturated rings. The molecule has 1 aromatic heterocycles. The third-order valence-corrected chi connectivity index (χ3v) is 4.17. The van der Waals surface area contributed by atoms with E-state index in [1.54, 1.807) is 37.3 Å². The van der Waals surface area contributed by atoms with Crippen LogP contribution in [0.15, 0.2) is 60.7 Å². The second-order valence-corrected chi connectivity index (χ2v) is 5.74. The van der Waals surface area contributed by atoms with Gasteiger partial charge in [-0.05, 0) is 30.7 Å². The summed E-state index contributed by atoms with van der Waals surface area (Å²) in [6.07, 6.45) is -4.52. The smallest absolute Gasteiger partial charge is 0.418 e. The van der Waals surface area contributed by atoms with Crippen molar-refractivity contribution in [2.45, 2.75) is 13.1 Å². The van der Waals surface area contributed by atoms with Crippen molar-refractivity contribution in [1.29, 1.82) is 0 Å². The first-order valence-corrected chi connectivity index (χ1v) is 7.87. The van der Waals surface area contributed by atoms with E-state index in [0.717, 1.165) is 6.07 Å². The third-order valence-electron chi connectivity index (χ3n) is 4.17. The number of nitrogens with zero attached hydrogens (tertiary/aromatic N) is 1. The lowest BCUT2D eigenvalue weighted by molar-refractivity contribution is -0.137. The van der Waals surface area contributed by atoms with Gasteiger partial charge in [-0.25, -0.2) is 4.79 Å². The van der Waals surface area contributed by atoms with Crippen LogP contribution in [0.25, 0.3) is 16.9 Å². The standard InChI is InChI=1S/C20H16F3NO2/c1-13-15(19(25)26-2)12-18(14-8-4-3-5-9-14)24(13)17-11-7-6-10-16(17)20(21,22)23/h3-12H,1-2H3. The average molecular weight is 359 g/mol. The third kappa shape index (κ3) is 3.10. The molecule has 3 aromatic rings. The van der Waals surface area contributed by atoms with Crippen molar-refractivity contribution in [2.75, 3.05) is 7.11 Å². The van der Waals surface area contributed by atoms with Crippen molar-refractivity contribution in [3.63, 3.8) is 0 Å². The highest BCUT2D eigenvalue weighted by Gasteiger charge is 2.35. The van der Waals surface area contributed by atoms with Crippen LogP contribution in [0.5, 0.6) is 0 Å². The van der Waals surface area contributed by atoms with Gasteiger partial charge in [0.1, 0.15) is 0 Å². The fraction of sp³-hybridized carbons (Fsp3) is 0.150. The van der Waals surface area contributed by atoms with E-state index in [4.69, 9.17) is 4.74 Å². The maximum atomic E-state index is 13.5. The molecule has 0 N–H and O–H groups in total. The summed E-state index contributed by atoms with van der Waals surface area (Å²) in [5, 5.41) is 0. The van der Waals surface area contributed by atoms with Crippen LogP contribution in [0.3, 0.4) is 0 Å². The Kier molecular flexibility index (Phi) is 4.59. The minimum Gasteiger partial charge on any atom is -0.465 e. The number of hydrogen-bond donors (Lipinski definition) is 0. The summed E-state index contributed by atoms with van der Waals surface area (Å²) >= 11 is 0. The van der Waals surface area contributed by atoms with Gasteiger partial charge in [0.05, 0.1) is 29.6 Å². The van der Waals surface area contributed by atoms with Crippen LogP contribution in [-0.2, 0) is 10.9 Å². The lowest BCUT2D eigenvalue weighted by atomic mass is 10.1. The lowest BCUT2D eigenvalue weighted by Gasteiger charge is -2.18. The Morgan fingerprint density at radius 2 is 1.62 bits per heavy atom. The van der Waals surface area contributed by atoms with Crippen LogP contribution in [-0.4, -0.2) is 17.6 Å². The molecule has 0 atom stereocenters. The molecule has 0 amide bonds. The number of ether oxygens (including phenoxy) is 1. The molecule has 6 heteroatoms. The molecule has 134 valence electrons. The minimum atomic E-state index is -4.52. The Morgan fingerprint density at radius 1 is 1.00 bits per heavy atom. The number of alkyl halides is 3. The van der Waals surface area contributed by atoms with Gasteiger partial charge in [-0.2, -0.15) is 13.2 Å². The van der Waals surface area contributed by atoms with E-state index in [2.05, 4.69) is 0 Å². The number of halogens is 3. The summed E-state index contributed by atoms with van der Waals surface area (Å²) in [4.78, 5) is 12.1. The summed E-state index contributed by atoms with van der Waals surface area (Å²) < 4.78 is 46.8. The maximum Gasteiger partial charge on any atom is 0.418 e. The number of carbonyl (C=O) groups excluding carboxylic acids is 1. The molecule has 3 rings (SSSR count). The molecular weight excluding hydrogens is 343 g/mol. The Morgan fingerprint density at radius 3 is 2.23 bits per heavy atom. The first kappa shape index (κ1) is 17.8. The highest BCUT2D eigenvalue weighted by atomic mass is 19.4. The van der Waals surface area contributed by atoms with Crippen LogP contribution >= 0.6 is 0 Å². The van der Waals surface area contributed by atoms with Crippen LogP contribution in [0.1, 0.15) is 21.6 Å². The van der Waals surface area contributed by atoms with E-state index in [9.17, 15) is 18.0 Å². The van der Waals surface area contributed by atoms with Gasteiger partial charge in [-0.15, -0.1) is 0 Å². The molecule has 26 heavy (non-hydrogen) atoms. The molecule has 0 aliphatic carbocycles. The SMILES string of the molecule is COC(=O)c1cc(-c2ccccc2)n(-c2ccccc2C(F)(F)F)c1C. The predicted molar refractivity (Wildman–Crippen MR) is 92.3 cm³/mol. The van der Waals surface area contributed by atoms with Gasteiger partial charge in [0.25, 0.3) is 0 Å². The molecule has 0 saturated heterocycles. The van der Waals surface area contributed by atoms with Crippen LogP contribution in [0.4, 0.5) is 13.2 Å². The molecule has 0 aliphatic rings. The lowest BCUT2D eigenvalue weighted by Crippen LogP contribution is -2.12. The summed E-state index contributed by atoms with van der Waals surface area (Å²) in [5.74, 6) is -0.595. The van der Waals surface area contributed by atoms with Gasteiger partial charge in [-0.3, -0.25) is 0 Å². The average Bonchev–Trinajstić information content (AvgIpc) is 2.98. The Balaban J connectivity index is 2.35. The number of carbonyl (C=O) groups is 1. The van der Waals surface area contributed by atoms with E-state index in [0.29, 0.717) is 17.0 Å². The number of methoxy groups -OCH3 is 1. The zero-order chi connectivity index (χ0) is 18.9. The zero-order valence-corrected chi connectivity index (χ0v) is 14.2. The first-order chi connectivity index (χ1) is 12.3. The zero-order valence-electron chi connectivity index (χ0n) is 14.2. The monoisotopic (exact) mass is 359 g/mol. The van der Waals surface area contributed by atoms with Crippen LogP contribution in [0, 0.1) is 6.92 Å². The predicted octanol–water partition coefficient (Wildman–Crippen LogP) is 5.26. The number of rotatable bonds is 3. The fourth-order valence-corrected chi connectivity index (χ4v) is 2.96. The quantitative estimate of drug-likeness (QED) is 0.598. The van der Waals surface area contributed by atoms with Gasteiger partial charge in [-0.1, -0.05) is 42.5 Å². The summed E-state index contributed by atoms with van der Waals surface area (Å²) in [6.45, 7) is 1.60. The van der Waals surface area contributed by atoms with Crippen molar-refractivity contribution in [2.24, 2.45) is 0 Å². The van der Waals surface area contributed by atoms with E-state index in [1.165, 1.54) is 29.9 Å². The summed E-state index contributed by atoms with van der Waals surface area (Å²) in [7, 11) is 1.24. The molecule has 3 nitrogen and oxygen atoms in total. The maximum absolute atomic E-state index is 13.5. The molecule has 0 spiro atoms. The molecule has 1 heterocycles. The Bertz CT molecular complexity index is 943. The van der Waals surface area contributed by atoms with Gasteiger partial charge < -0.3 is 9.30 Å². The number of hydrogen-bond acceptors (Lipinski definition) is 2. The van der Waals surface area contributed by atoms with Crippen molar-refractivity contribution < 1.29 is 22.7 Å². The van der Waals surface area contributed by atoms with Gasteiger partial charge >= 0.3 is 12.1 Å². The topological polar surface area (TPSA) is 31.2 Å². The minimum absolute atomic E-state index is 0.0356. The molecular formula is C20H16F3NO2. The second-order valence-electron chi connectivity index (χ2n) is 5.74. The van der Waals surface area contributed by atoms with Crippen molar-refractivity contribution >= 4 is 5.97 Å². The molecule has 2 aromatic carbocycles. The van der Waals surface area contributed by atoms with Gasteiger partial charge in [0, 0.05) is 5.69 Å². The van der Waals surface area contributed by atoms with E-state index in [1.807, 2.05) is 6.07 Å². The summed E-state index contributed by atoms with van der Waals surface area (Å²) in [5.41, 5.74) is 0.984. The number of esters is 1. The summed E-state index contributed by atoms with van der Waals surface area (Å²) in [6, 6.07) is 15.8. The molecule has 0 unspecified atom stereocenters.